The van der Waals surface area contributed by atoms with E-state index in [0.29, 0.717) is 12.2 Å². The fourth-order valence-electron chi connectivity index (χ4n) is 2.11. The van der Waals surface area contributed by atoms with Crippen LogP contribution < -0.4 is 0 Å². The molecule has 0 heterocycles. The lowest BCUT2D eigenvalue weighted by Gasteiger charge is -2.09. The van der Waals surface area contributed by atoms with E-state index in [4.69, 9.17) is 4.74 Å². The predicted octanol–water partition coefficient (Wildman–Crippen LogP) is 4.32. The molecular weight excluding hydrogens is 248 g/mol. The van der Waals surface area contributed by atoms with Crippen molar-refractivity contribution in [2.45, 2.75) is 13.8 Å². The van der Waals surface area contributed by atoms with E-state index in [9.17, 15) is 4.79 Å². The zero-order valence-corrected chi connectivity index (χ0v) is 11.8. The molecular formula is C18H18O2. The van der Waals surface area contributed by atoms with Crippen molar-refractivity contribution in [2.24, 2.45) is 0 Å². The number of rotatable bonds is 4. The Hall–Kier alpha value is -2.35. The first-order valence-corrected chi connectivity index (χ1v) is 6.75. The molecule has 102 valence electrons. The van der Waals surface area contributed by atoms with Crippen molar-refractivity contribution >= 4 is 11.5 Å². The molecule has 2 rings (SSSR count). The molecule has 0 saturated carbocycles. The van der Waals surface area contributed by atoms with Gasteiger partial charge in [0.25, 0.3) is 0 Å². The molecule has 0 unspecified atom stereocenters. The fourth-order valence-corrected chi connectivity index (χ4v) is 2.11. The van der Waals surface area contributed by atoms with Gasteiger partial charge in [0, 0.05) is 0 Å². The zero-order valence-electron chi connectivity index (χ0n) is 11.8. The standard InChI is InChI=1S/C18H18O2/c1-3-17(18(19)20-4-2)16-12-8-11-15(13-16)14-9-6-5-7-10-14/h3,5-13H,4H2,1-2H3. The number of hydrogen-bond acceptors (Lipinski definition) is 2. The maximum atomic E-state index is 11.9. The number of hydrogen-bond donors (Lipinski definition) is 0. The first kappa shape index (κ1) is 14.1. The van der Waals surface area contributed by atoms with E-state index >= 15 is 0 Å². The summed E-state index contributed by atoms with van der Waals surface area (Å²) in [6.07, 6.45) is 1.79. The third kappa shape index (κ3) is 3.15. The highest BCUT2D eigenvalue weighted by Gasteiger charge is 2.12. The van der Waals surface area contributed by atoms with Gasteiger partial charge in [-0.25, -0.2) is 4.79 Å². The molecule has 0 spiro atoms. The van der Waals surface area contributed by atoms with Gasteiger partial charge < -0.3 is 4.74 Å². The molecule has 2 heteroatoms. The highest BCUT2D eigenvalue weighted by molar-refractivity contribution is 6.16. The Morgan fingerprint density at radius 3 is 2.40 bits per heavy atom. The summed E-state index contributed by atoms with van der Waals surface area (Å²) in [6.45, 7) is 4.04. The maximum Gasteiger partial charge on any atom is 0.338 e. The van der Waals surface area contributed by atoms with Crippen LogP contribution in [0.2, 0.25) is 0 Å². The first-order valence-electron chi connectivity index (χ1n) is 6.75. The lowest BCUT2D eigenvalue weighted by Crippen LogP contribution is -2.06. The number of allylic oxidation sites excluding steroid dienone is 1. The summed E-state index contributed by atoms with van der Waals surface area (Å²) >= 11 is 0. The molecule has 0 N–H and O–H groups in total. The van der Waals surface area contributed by atoms with Crippen LogP contribution in [0.5, 0.6) is 0 Å². The van der Waals surface area contributed by atoms with Crippen LogP contribution in [0.1, 0.15) is 19.4 Å². The fraction of sp³-hybridized carbons (Fsp3) is 0.167. The molecule has 2 aromatic rings. The van der Waals surface area contributed by atoms with Crippen molar-refractivity contribution in [3.05, 3.63) is 66.2 Å². The molecule has 2 nitrogen and oxygen atoms in total. The Morgan fingerprint density at radius 2 is 1.75 bits per heavy atom. The molecule has 0 aliphatic rings. The topological polar surface area (TPSA) is 26.3 Å². The van der Waals surface area contributed by atoms with E-state index in [1.165, 1.54) is 0 Å². The third-order valence-corrected chi connectivity index (χ3v) is 3.06. The van der Waals surface area contributed by atoms with Gasteiger partial charge in [0.05, 0.1) is 12.2 Å². The molecule has 0 bridgehead atoms. The average molecular weight is 266 g/mol. The summed E-state index contributed by atoms with van der Waals surface area (Å²) in [6, 6.07) is 18.0. The summed E-state index contributed by atoms with van der Waals surface area (Å²) in [7, 11) is 0. The van der Waals surface area contributed by atoms with E-state index in [0.717, 1.165) is 16.7 Å². The lowest BCUT2D eigenvalue weighted by atomic mass is 9.99. The minimum atomic E-state index is -0.278. The van der Waals surface area contributed by atoms with Crippen LogP contribution in [0.15, 0.2) is 60.7 Å². The van der Waals surface area contributed by atoms with Gasteiger partial charge in [-0.15, -0.1) is 0 Å². The minimum absolute atomic E-state index is 0.278. The van der Waals surface area contributed by atoms with Gasteiger partial charge in [0.2, 0.25) is 0 Å². The summed E-state index contributed by atoms with van der Waals surface area (Å²) in [4.78, 5) is 11.9. The number of benzene rings is 2. The van der Waals surface area contributed by atoms with Crippen LogP contribution in [-0.2, 0) is 9.53 Å². The Morgan fingerprint density at radius 1 is 1.05 bits per heavy atom. The zero-order chi connectivity index (χ0) is 14.4. The van der Waals surface area contributed by atoms with Crippen molar-refractivity contribution in [3.8, 4) is 11.1 Å². The number of ether oxygens (including phenoxy) is 1. The molecule has 2 aromatic carbocycles. The Bertz CT molecular complexity index is 612. The lowest BCUT2D eigenvalue weighted by molar-refractivity contribution is -0.136. The smallest absolute Gasteiger partial charge is 0.338 e. The van der Waals surface area contributed by atoms with Crippen molar-refractivity contribution in [2.75, 3.05) is 6.61 Å². The molecule has 0 fully saturated rings. The first-order chi connectivity index (χ1) is 9.76. The van der Waals surface area contributed by atoms with Crippen molar-refractivity contribution in [1.82, 2.24) is 0 Å². The number of esters is 1. The largest absolute Gasteiger partial charge is 0.462 e. The molecule has 0 aliphatic heterocycles. The van der Waals surface area contributed by atoms with E-state index in [1.54, 1.807) is 6.08 Å². The molecule has 0 radical (unpaired) electrons. The van der Waals surface area contributed by atoms with Gasteiger partial charge in [0.1, 0.15) is 0 Å². The normalized spacial score (nSPS) is 11.2. The van der Waals surface area contributed by atoms with Crippen LogP contribution in [0.3, 0.4) is 0 Å². The maximum absolute atomic E-state index is 11.9. The number of carbonyl (C=O) groups is 1. The SMILES string of the molecule is CC=C(C(=O)OCC)c1cccc(-c2ccccc2)c1. The van der Waals surface area contributed by atoms with E-state index < -0.39 is 0 Å². The van der Waals surface area contributed by atoms with E-state index in [-0.39, 0.29) is 5.97 Å². The highest BCUT2D eigenvalue weighted by atomic mass is 16.5. The summed E-state index contributed by atoms with van der Waals surface area (Å²) < 4.78 is 5.09. The van der Waals surface area contributed by atoms with E-state index in [1.807, 2.05) is 56.3 Å². The van der Waals surface area contributed by atoms with Gasteiger partial charge in [-0.1, -0.05) is 54.6 Å². The quantitative estimate of drug-likeness (QED) is 0.608. The van der Waals surface area contributed by atoms with Gasteiger partial charge in [-0.05, 0) is 36.6 Å². The molecule has 20 heavy (non-hydrogen) atoms. The summed E-state index contributed by atoms with van der Waals surface area (Å²) in [5, 5.41) is 0. The minimum Gasteiger partial charge on any atom is -0.462 e. The molecule has 0 atom stereocenters. The second kappa shape index (κ2) is 6.71. The Labute approximate surface area is 119 Å². The van der Waals surface area contributed by atoms with Gasteiger partial charge in [-0.2, -0.15) is 0 Å². The van der Waals surface area contributed by atoms with Crippen molar-refractivity contribution in [3.63, 3.8) is 0 Å². The summed E-state index contributed by atoms with van der Waals surface area (Å²) in [5.74, 6) is -0.278. The molecule has 0 aliphatic carbocycles. The predicted molar refractivity (Wildman–Crippen MR) is 82.2 cm³/mol. The van der Waals surface area contributed by atoms with Gasteiger partial charge >= 0.3 is 5.97 Å². The monoisotopic (exact) mass is 266 g/mol. The van der Waals surface area contributed by atoms with Gasteiger partial charge in [0.15, 0.2) is 0 Å². The van der Waals surface area contributed by atoms with Crippen LogP contribution >= 0.6 is 0 Å². The average Bonchev–Trinajstić information content (AvgIpc) is 2.49. The Balaban J connectivity index is 2.37. The van der Waals surface area contributed by atoms with Gasteiger partial charge in [-0.3, -0.25) is 0 Å². The van der Waals surface area contributed by atoms with E-state index in [2.05, 4.69) is 12.1 Å². The van der Waals surface area contributed by atoms with Crippen LogP contribution in [0, 0.1) is 0 Å². The summed E-state index contributed by atoms with van der Waals surface area (Å²) in [5.41, 5.74) is 3.71. The molecule has 0 amide bonds. The number of carbonyl (C=O) groups excluding carboxylic acids is 1. The van der Waals surface area contributed by atoms with Crippen LogP contribution in [-0.4, -0.2) is 12.6 Å². The van der Waals surface area contributed by atoms with Crippen molar-refractivity contribution in [1.29, 1.82) is 0 Å². The third-order valence-electron chi connectivity index (χ3n) is 3.06. The van der Waals surface area contributed by atoms with Crippen LogP contribution in [0.25, 0.3) is 16.7 Å². The van der Waals surface area contributed by atoms with Crippen molar-refractivity contribution < 1.29 is 9.53 Å². The molecule has 0 aromatic heterocycles. The second-order valence-corrected chi connectivity index (χ2v) is 4.37. The van der Waals surface area contributed by atoms with Crippen LogP contribution in [0.4, 0.5) is 0 Å². The second-order valence-electron chi connectivity index (χ2n) is 4.37. The highest BCUT2D eigenvalue weighted by Crippen LogP contribution is 2.24. The Kier molecular flexibility index (Phi) is 4.72. The molecule has 0 saturated heterocycles.